The van der Waals surface area contributed by atoms with Crippen molar-refractivity contribution in [3.63, 3.8) is 0 Å². The fourth-order valence-electron chi connectivity index (χ4n) is 3.94. The summed E-state index contributed by atoms with van der Waals surface area (Å²) in [5, 5.41) is 12.6. The minimum Gasteiger partial charge on any atom is -0.481 e. The Morgan fingerprint density at radius 3 is 2.67 bits per heavy atom. The van der Waals surface area contributed by atoms with Crippen LogP contribution in [-0.4, -0.2) is 35.2 Å². The molecule has 27 heavy (non-hydrogen) atoms. The van der Waals surface area contributed by atoms with Crippen molar-refractivity contribution in [2.75, 3.05) is 12.4 Å². The third-order valence-corrected chi connectivity index (χ3v) is 5.79. The summed E-state index contributed by atoms with van der Waals surface area (Å²) >= 11 is 0. The number of hydrogen-bond acceptors (Lipinski definition) is 4. The first-order valence-corrected chi connectivity index (χ1v) is 9.94. The number of nitrogens with zero attached hydrogens (tertiary/aromatic N) is 1. The Bertz CT molecular complexity index is 641. The molecule has 1 aliphatic carbocycles. The normalized spacial score (nSPS) is 18.0. The first kappa shape index (κ1) is 21.4. The second-order valence-corrected chi connectivity index (χ2v) is 7.68. The summed E-state index contributed by atoms with van der Waals surface area (Å²) in [6.45, 7) is 3.89. The molecule has 6 nitrogen and oxygen atoms in total. The second kappa shape index (κ2) is 9.83. The lowest BCUT2D eigenvalue weighted by atomic mass is 9.75. The minimum absolute atomic E-state index is 0.116. The molecule has 1 heterocycles. The van der Waals surface area contributed by atoms with Gasteiger partial charge in [-0.15, -0.1) is 0 Å². The molecule has 0 aliphatic heterocycles. The van der Waals surface area contributed by atoms with Crippen LogP contribution in [0.25, 0.3) is 0 Å². The van der Waals surface area contributed by atoms with E-state index in [1.165, 1.54) is 7.11 Å². The Labute approximate surface area is 161 Å². The van der Waals surface area contributed by atoms with Crippen LogP contribution in [-0.2, 0) is 20.7 Å². The molecule has 1 aliphatic rings. The maximum absolute atomic E-state index is 13.1. The number of aryl methyl sites for hydroxylation is 1. The van der Waals surface area contributed by atoms with E-state index in [-0.39, 0.29) is 5.91 Å². The number of carboxylic acid groups (broad SMARTS) is 1. The number of carboxylic acids is 1. The molecule has 0 saturated heterocycles. The fourth-order valence-corrected chi connectivity index (χ4v) is 3.94. The van der Waals surface area contributed by atoms with E-state index in [0.29, 0.717) is 25.1 Å². The molecule has 1 amide bonds. The zero-order valence-electron chi connectivity index (χ0n) is 16.7. The van der Waals surface area contributed by atoms with Gasteiger partial charge in [0, 0.05) is 13.3 Å². The van der Waals surface area contributed by atoms with Crippen LogP contribution in [0.15, 0.2) is 18.3 Å². The predicted molar refractivity (Wildman–Crippen MR) is 105 cm³/mol. The lowest BCUT2D eigenvalue weighted by molar-refractivity contribution is -0.148. The molecular weight excluding hydrogens is 344 g/mol. The Kier molecular flexibility index (Phi) is 7.78. The monoisotopic (exact) mass is 376 g/mol. The predicted octanol–water partition coefficient (Wildman–Crippen LogP) is 4.05. The van der Waals surface area contributed by atoms with Crippen LogP contribution >= 0.6 is 0 Å². The zero-order valence-corrected chi connectivity index (χ0v) is 16.7. The molecule has 0 bridgehead atoms. The summed E-state index contributed by atoms with van der Waals surface area (Å²) in [7, 11) is 1.51. The van der Waals surface area contributed by atoms with Crippen molar-refractivity contribution in [1.29, 1.82) is 0 Å². The Hall–Kier alpha value is -1.95. The molecule has 2 rings (SSSR count). The van der Waals surface area contributed by atoms with E-state index >= 15 is 0 Å². The van der Waals surface area contributed by atoms with Crippen LogP contribution in [0.3, 0.4) is 0 Å². The molecule has 1 aromatic rings. The number of pyridine rings is 1. The highest BCUT2D eigenvalue weighted by Gasteiger charge is 2.45. The summed E-state index contributed by atoms with van der Waals surface area (Å²) in [4.78, 5) is 29.2. The number of carbonyl (C=O) groups is 2. The Morgan fingerprint density at radius 1 is 1.37 bits per heavy atom. The van der Waals surface area contributed by atoms with E-state index in [2.05, 4.69) is 17.2 Å². The van der Waals surface area contributed by atoms with Gasteiger partial charge in [-0.1, -0.05) is 26.2 Å². The SMILES string of the molecule is CCCCc1ccnc(NC(=O)C2(CC(C(=O)O)C(C)OC)CCCC2)c1. The topological polar surface area (TPSA) is 88.5 Å². The van der Waals surface area contributed by atoms with Gasteiger partial charge in [-0.25, -0.2) is 4.98 Å². The highest BCUT2D eigenvalue weighted by Crippen LogP contribution is 2.45. The molecule has 2 atom stereocenters. The van der Waals surface area contributed by atoms with Crippen LogP contribution in [0, 0.1) is 11.3 Å². The molecule has 1 fully saturated rings. The van der Waals surface area contributed by atoms with Crippen molar-refractivity contribution in [2.24, 2.45) is 11.3 Å². The number of unbranched alkanes of at least 4 members (excludes halogenated alkanes) is 1. The Balaban J connectivity index is 2.16. The zero-order chi connectivity index (χ0) is 19.9. The summed E-state index contributed by atoms with van der Waals surface area (Å²) < 4.78 is 5.26. The number of ether oxygens (including phenoxy) is 1. The maximum Gasteiger partial charge on any atom is 0.309 e. The summed E-state index contributed by atoms with van der Waals surface area (Å²) in [6, 6.07) is 3.89. The van der Waals surface area contributed by atoms with Crippen LogP contribution in [0.4, 0.5) is 5.82 Å². The average Bonchev–Trinajstić information content (AvgIpc) is 3.14. The first-order valence-electron chi connectivity index (χ1n) is 9.94. The van der Waals surface area contributed by atoms with Crippen LogP contribution in [0.5, 0.6) is 0 Å². The smallest absolute Gasteiger partial charge is 0.309 e. The van der Waals surface area contributed by atoms with Gasteiger partial charge >= 0.3 is 5.97 Å². The van der Waals surface area contributed by atoms with Crippen molar-refractivity contribution in [3.8, 4) is 0 Å². The Morgan fingerprint density at radius 2 is 2.07 bits per heavy atom. The fraction of sp³-hybridized carbons (Fsp3) is 0.667. The molecule has 0 radical (unpaired) electrons. The maximum atomic E-state index is 13.1. The van der Waals surface area contributed by atoms with Crippen LogP contribution in [0.2, 0.25) is 0 Å². The van der Waals surface area contributed by atoms with Crippen molar-refractivity contribution >= 4 is 17.7 Å². The van der Waals surface area contributed by atoms with E-state index in [9.17, 15) is 14.7 Å². The van der Waals surface area contributed by atoms with Crippen molar-refractivity contribution in [2.45, 2.75) is 71.3 Å². The lowest BCUT2D eigenvalue weighted by Gasteiger charge is -2.32. The average molecular weight is 376 g/mol. The van der Waals surface area contributed by atoms with E-state index in [4.69, 9.17) is 4.74 Å². The standard InChI is InChI=1S/C21H32N2O4/c1-4-5-8-16-9-12-22-18(13-16)23-20(26)21(10-6-7-11-21)14-17(19(24)25)15(2)27-3/h9,12-13,15,17H,4-8,10-11,14H2,1-3H3,(H,24,25)(H,22,23,26). The van der Waals surface area contributed by atoms with Gasteiger partial charge in [0.15, 0.2) is 0 Å². The molecule has 1 aromatic heterocycles. The highest BCUT2D eigenvalue weighted by molar-refractivity contribution is 5.95. The lowest BCUT2D eigenvalue weighted by Crippen LogP contribution is -2.40. The van der Waals surface area contributed by atoms with Gasteiger partial charge in [-0.3, -0.25) is 9.59 Å². The third-order valence-electron chi connectivity index (χ3n) is 5.79. The van der Waals surface area contributed by atoms with E-state index in [1.807, 2.05) is 12.1 Å². The van der Waals surface area contributed by atoms with Crippen LogP contribution < -0.4 is 5.32 Å². The molecule has 6 heteroatoms. The highest BCUT2D eigenvalue weighted by atomic mass is 16.5. The number of amides is 1. The van der Waals surface area contributed by atoms with E-state index in [1.54, 1.807) is 13.1 Å². The number of nitrogens with one attached hydrogen (secondary N) is 1. The van der Waals surface area contributed by atoms with Gasteiger partial charge in [0.05, 0.1) is 17.4 Å². The molecule has 1 saturated carbocycles. The van der Waals surface area contributed by atoms with Gasteiger partial charge in [0.25, 0.3) is 0 Å². The quantitative estimate of drug-likeness (QED) is 0.643. The molecule has 0 aromatic carbocycles. The van der Waals surface area contributed by atoms with Gasteiger partial charge in [-0.2, -0.15) is 0 Å². The van der Waals surface area contributed by atoms with Gasteiger partial charge < -0.3 is 15.2 Å². The summed E-state index contributed by atoms with van der Waals surface area (Å²) in [5.74, 6) is -1.19. The molecule has 150 valence electrons. The molecule has 2 unspecified atom stereocenters. The third kappa shape index (κ3) is 5.51. The largest absolute Gasteiger partial charge is 0.481 e. The van der Waals surface area contributed by atoms with Crippen LogP contribution in [0.1, 0.15) is 64.4 Å². The van der Waals surface area contributed by atoms with Crippen molar-refractivity contribution < 1.29 is 19.4 Å². The van der Waals surface area contributed by atoms with Crippen molar-refractivity contribution in [1.82, 2.24) is 4.98 Å². The number of rotatable bonds is 10. The molecule has 2 N–H and O–H groups in total. The first-order chi connectivity index (χ1) is 12.9. The number of methoxy groups -OCH3 is 1. The van der Waals surface area contributed by atoms with Gasteiger partial charge in [0.1, 0.15) is 5.82 Å². The van der Waals surface area contributed by atoms with Crippen molar-refractivity contribution in [3.05, 3.63) is 23.9 Å². The number of aliphatic carboxylic acids is 1. The number of hydrogen-bond donors (Lipinski definition) is 2. The number of anilines is 1. The van der Waals surface area contributed by atoms with Gasteiger partial charge in [-0.05, 0) is 56.7 Å². The number of aromatic nitrogens is 1. The van der Waals surface area contributed by atoms with Gasteiger partial charge in [0.2, 0.25) is 5.91 Å². The van der Waals surface area contributed by atoms with E-state index in [0.717, 1.165) is 37.7 Å². The summed E-state index contributed by atoms with van der Waals surface area (Å²) in [5.41, 5.74) is 0.482. The molecule has 0 spiro atoms. The summed E-state index contributed by atoms with van der Waals surface area (Å²) in [6.07, 6.45) is 8.01. The number of carbonyl (C=O) groups excluding carboxylic acids is 1. The second-order valence-electron chi connectivity index (χ2n) is 7.68. The molecular formula is C21H32N2O4. The minimum atomic E-state index is -0.914. The van der Waals surface area contributed by atoms with E-state index < -0.39 is 23.4 Å².